The Morgan fingerprint density at radius 2 is 2.06 bits per heavy atom. The topological polar surface area (TPSA) is 48.3 Å². The fourth-order valence-corrected chi connectivity index (χ4v) is 2.21. The van der Waals surface area contributed by atoms with Crippen LogP contribution in [0.1, 0.15) is 10.4 Å². The summed E-state index contributed by atoms with van der Waals surface area (Å²) < 4.78 is 20.1. The highest BCUT2D eigenvalue weighted by molar-refractivity contribution is 14.1. The van der Waals surface area contributed by atoms with Crippen LogP contribution in [-0.2, 0) is 16.6 Å². The van der Waals surface area contributed by atoms with Gasteiger partial charge in [0.25, 0.3) is 5.78 Å². The summed E-state index contributed by atoms with van der Waals surface area (Å²) in [6.07, 6.45) is 1.50. The molecular weight excluding hydrogens is 352 g/mol. The van der Waals surface area contributed by atoms with Crippen LogP contribution in [0.25, 0.3) is 10.9 Å². The highest BCUT2D eigenvalue weighted by Crippen LogP contribution is 2.25. The Balaban J connectivity index is 2.70. The van der Waals surface area contributed by atoms with Gasteiger partial charge in [0.15, 0.2) is 0 Å². The van der Waals surface area contributed by atoms with Gasteiger partial charge in [-0.15, -0.1) is 0 Å². The van der Waals surface area contributed by atoms with Crippen molar-refractivity contribution in [2.24, 2.45) is 7.05 Å². The van der Waals surface area contributed by atoms with E-state index in [0.29, 0.717) is 14.5 Å². The van der Waals surface area contributed by atoms with Gasteiger partial charge in [0, 0.05) is 24.1 Å². The van der Waals surface area contributed by atoms with Crippen LogP contribution in [0.5, 0.6) is 0 Å². The van der Waals surface area contributed by atoms with Gasteiger partial charge in [0.05, 0.1) is 16.2 Å². The Morgan fingerprint density at radius 1 is 1.39 bits per heavy atom. The molecule has 1 aromatic heterocycles. The van der Waals surface area contributed by atoms with Crippen molar-refractivity contribution in [3.63, 3.8) is 0 Å². The monoisotopic (exact) mass is 361 g/mol. The molecule has 0 fully saturated rings. The van der Waals surface area contributed by atoms with Crippen LogP contribution in [0.4, 0.5) is 4.39 Å². The fraction of sp³-hybridized carbons (Fsp3) is 0.167. The maximum absolute atomic E-state index is 13.5. The van der Waals surface area contributed by atoms with Gasteiger partial charge in [0.1, 0.15) is 5.82 Å². The smallest absolute Gasteiger partial charge is 0.379 e. The van der Waals surface area contributed by atoms with Crippen LogP contribution in [0.2, 0.25) is 0 Å². The zero-order chi connectivity index (χ0) is 13.4. The third-order valence-corrected chi connectivity index (χ3v) is 3.47. The molecule has 0 bridgehead atoms. The molecule has 0 radical (unpaired) electrons. The van der Waals surface area contributed by atoms with Crippen molar-refractivity contribution >= 4 is 45.2 Å². The molecule has 0 aliphatic rings. The van der Waals surface area contributed by atoms with Crippen molar-refractivity contribution in [3.05, 3.63) is 33.3 Å². The number of aromatic nitrogens is 1. The van der Waals surface area contributed by atoms with Gasteiger partial charge in [0.2, 0.25) is 0 Å². The number of ether oxygens (including phenoxy) is 1. The minimum atomic E-state index is -0.957. The minimum Gasteiger partial charge on any atom is -0.463 e. The molecule has 0 aliphatic heterocycles. The lowest BCUT2D eigenvalue weighted by Crippen LogP contribution is -2.15. The van der Waals surface area contributed by atoms with Gasteiger partial charge < -0.3 is 9.30 Å². The Kier molecular flexibility index (Phi) is 3.38. The number of benzene rings is 1. The van der Waals surface area contributed by atoms with E-state index in [9.17, 15) is 14.0 Å². The Labute approximate surface area is 116 Å². The summed E-state index contributed by atoms with van der Waals surface area (Å²) in [5.41, 5.74) is 0.836. The average Bonchev–Trinajstić information content (AvgIpc) is 2.65. The number of nitrogens with zero attached hydrogens (tertiary/aromatic N) is 1. The van der Waals surface area contributed by atoms with E-state index in [0.717, 1.165) is 7.11 Å². The third kappa shape index (κ3) is 2.00. The molecule has 0 N–H and O–H groups in total. The van der Waals surface area contributed by atoms with E-state index in [2.05, 4.69) is 4.74 Å². The molecule has 0 saturated heterocycles. The number of halogens is 2. The molecule has 0 saturated carbocycles. The number of carbonyl (C=O) groups is 2. The van der Waals surface area contributed by atoms with Crippen LogP contribution in [-0.4, -0.2) is 23.4 Å². The number of carbonyl (C=O) groups excluding carboxylic acids is 2. The lowest BCUT2D eigenvalue weighted by Gasteiger charge is -1.99. The van der Waals surface area contributed by atoms with E-state index in [1.54, 1.807) is 17.7 Å². The summed E-state index contributed by atoms with van der Waals surface area (Å²) in [6.45, 7) is 0. The number of esters is 1. The molecule has 2 rings (SSSR count). The second kappa shape index (κ2) is 4.68. The van der Waals surface area contributed by atoms with Crippen LogP contribution in [0, 0.1) is 9.39 Å². The molecule has 0 aliphatic carbocycles. The predicted octanol–water partition coefficient (Wildman–Crippen LogP) is 2.28. The highest BCUT2D eigenvalue weighted by atomic mass is 127. The number of methoxy groups -OCH3 is 1. The molecular formula is C12H9FINO3. The summed E-state index contributed by atoms with van der Waals surface area (Å²) in [7, 11) is 2.86. The number of ketones is 1. The molecule has 0 unspecified atom stereocenters. The molecule has 94 valence electrons. The zero-order valence-electron chi connectivity index (χ0n) is 9.66. The molecule has 0 amide bonds. The lowest BCUT2D eigenvalue weighted by molar-refractivity contribution is -0.135. The lowest BCUT2D eigenvalue weighted by atomic mass is 10.1. The first-order valence-corrected chi connectivity index (χ1v) is 6.10. The van der Waals surface area contributed by atoms with Crippen molar-refractivity contribution in [1.82, 2.24) is 4.57 Å². The standard InChI is InChI=1S/C12H9FINO3/c1-15-5-7(11(16)12(17)18-2)6-3-8(13)9(14)4-10(6)15/h3-5H,1-2H3. The van der Waals surface area contributed by atoms with Crippen molar-refractivity contribution in [1.29, 1.82) is 0 Å². The van der Waals surface area contributed by atoms with Crippen molar-refractivity contribution < 1.29 is 18.7 Å². The first-order valence-electron chi connectivity index (χ1n) is 5.02. The second-order valence-corrected chi connectivity index (χ2v) is 4.92. The van der Waals surface area contributed by atoms with Crippen LogP contribution < -0.4 is 0 Å². The normalized spacial score (nSPS) is 10.7. The van der Waals surface area contributed by atoms with Crippen molar-refractivity contribution in [2.75, 3.05) is 7.11 Å². The SMILES string of the molecule is COC(=O)C(=O)c1cn(C)c2cc(I)c(F)cc12. The largest absolute Gasteiger partial charge is 0.463 e. The molecule has 0 spiro atoms. The number of fused-ring (bicyclic) bond motifs is 1. The number of hydrogen-bond donors (Lipinski definition) is 0. The van der Waals surface area contributed by atoms with Gasteiger partial charge in [-0.25, -0.2) is 9.18 Å². The predicted molar refractivity (Wildman–Crippen MR) is 71.9 cm³/mol. The first kappa shape index (κ1) is 13.0. The summed E-state index contributed by atoms with van der Waals surface area (Å²) >= 11 is 1.87. The average molecular weight is 361 g/mol. The Morgan fingerprint density at radius 3 is 2.67 bits per heavy atom. The number of Topliss-reactive ketones (excluding diaryl/α,β-unsaturated/α-hetero) is 1. The van der Waals surface area contributed by atoms with E-state index in [1.807, 2.05) is 22.6 Å². The van der Waals surface area contributed by atoms with E-state index in [-0.39, 0.29) is 5.56 Å². The van der Waals surface area contributed by atoms with Crippen LogP contribution in [0.3, 0.4) is 0 Å². The summed E-state index contributed by atoms with van der Waals surface area (Å²) in [6, 6.07) is 2.88. The molecule has 4 nitrogen and oxygen atoms in total. The minimum absolute atomic E-state index is 0.148. The van der Waals surface area contributed by atoms with Gasteiger partial charge in [-0.1, -0.05) is 0 Å². The van der Waals surface area contributed by atoms with E-state index in [4.69, 9.17) is 0 Å². The summed E-state index contributed by atoms with van der Waals surface area (Å²) in [5.74, 6) is -2.15. The third-order valence-electron chi connectivity index (χ3n) is 2.65. The van der Waals surface area contributed by atoms with Crippen molar-refractivity contribution in [3.8, 4) is 0 Å². The maximum Gasteiger partial charge on any atom is 0.379 e. The second-order valence-electron chi connectivity index (χ2n) is 3.76. The molecule has 1 aromatic carbocycles. The molecule has 6 heteroatoms. The Bertz CT molecular complexity index is 663. The zero-order valence-corrected chi connectivity index (χ0v) is 11.8. The van der Waals surface area contributed by atoms with E-state index >= 15 is 0 Å². The first-order chi connectivity index (χ1) is 8.45. The van der Waals surface area contributed by atoms with Crippen molar-refractivity contribution in [2.45, 2.75) is 0 Å². The van der Waals surface area contributed by atoms with Crippen LogP contribution in [0.15, 0.2) is 18.3 Å². The Hall–Kier alpha value is -1.44. The molecule has 1 heterocycles. The highest BCUT2D eigenvalue weighted by Gasteiger charge is 2.22. The van der Waals surface area contributed by atoms with Gasteiger partial charge in [-0.05, 0) is 34.7 Å². The quantitative estimate of drug-likeness (QED) is 0.357. The summed E-state index contributed by atoms with van der Waals surface area (Å²) in [4.78, 5) is 23.0. The van der Waals surface area contributed by atoms with E-state index < -0.39 is 17.6 Å². The van der Waals surface area contributed by atoms with Crippen LogP contribution >= 0.6 is 22.6 Å². The maximum atomic E-state index is 13.5. The van der Waals surface area contributed by atoms with Gasteiger partial charge >= 0.3 is 5.97 Å². The summed E-state index contributed by atoms with van der Waals surface area (Å²) in [5, 5.41) is 0.408. The number of hydrogen-bond acceptors (Lipinski definition) is 3. The van der Waals surface area contributed by atoms with Gasteiger partial charge in [-0.2, -0.15) is 0 Å². The van der Waals surface area contributed by atoms with E-state index in [1.165, 1.54) is 12.3 Å². The number of aryl methyl sites for hydroxylation is 1. The molecule has 2 aromatic rings. The van der Waals surface area contributed by atoms with Gasteiger partial charge in [-0.3, -0.25) is 4.79 Å². The molecule has 0 atom stereocenters. The fourth-order valence-electron chi connectivity index (χ4n) is 1.76. The molecule has 18 heavy (non-hydrogen) atoms. The number of rotatable bonds is 2.